The van der Waals surface area contributed by atoms with E-state index in [1.165, 1.54) is 6.33 Å². The molecule has 0 saturated heterocycles. The molecule has 0 unspecified atom stereocenters. The Morgan fingerprint density at radius 3 is 2.69 bits per heavy atom. The average molecular weight is 410 g/mol. The molecule has 0 bridgehead atoms. The monoisotopic (exact) mass is 409 g/mol. The van der Waals surface area contributed by atoms with Crippen LogP contribution >= 0.6 is 11.6 Å². The lowest BCUT2D eigenvalue weighted by Crippen LogP contribution is -2.31. The van der Waals surface area contributed by atoms with E-state index in [4.69, 9.17) is 16.3 Å². The first-order valence-electron chi connectivity index (χ1n) is 9.06. The number of aryl methyl sites for hydroxylation is 1. The van der Waals surface area contributed by atoms with Crippen LogP contribution in [0.15, 0.2) is 60.1 Å². The Balaban J connectivity index is 1.76. The van der Waals surface area contributed by atoms with Crippen molar-refractivity contribution in [3.8, 4) is 5.75 Å². The fourth-order valence-corrected chi connectivity index (χ4v) is 3.57. The number of halogens is 1. The van der Waals surface area contributed by atoms with Crippen LogP contribution in [0.25, 0.3) is 0 Å². The average Bonchev–Trinajstić information content (AvgIpc) is 3.17. The van der Waals surface area contributed by atoms with Gasteiger partial charge in [0.15, 0.2) is 0 Å². The van der Waals surface area contributed by atoms with Gasteiger partial charge in [-0.3, -0.25) is 4.79 Å². The molecule has 1 amide bonds. The summed E-state index contributed by atoms with van der Waals surface area (Å²) in [6.45, 7) is 3.78. The van der Waals surface area contributed by atoms with Crippen LogP contribution in [0.1, 0.15) is 24.1 Å². The summed E-state index contributed by atoms with van der Waals surface area (Å²) in [5.41, 5.74) is 3.75. The fraction of sp³-hybridized carbons (Fsp3) is 0.190. The molecule has 0 spiro atoms. The Morgan fingerprint density at radius 1 is 1.21 bits per heavy atom. The summed E-state index contributed by atoms with van der Waals surface area (Å²) in [5.74, 6) is 1.09. The van der Waals surface area contributed by atoms with Crippen LogP contribution in [0, 0.1) is 6.92 Å². The smallest absolute Gasteiger partial charge is 0.255 e. The number of rotatable bonds is 4. The van der Waals surface area contributed by atoms with Crippen molar-refractivity contribution in [2.75, 3.05) is 17.7 Å². The van der Waals surface area contributed by atoms with Gasteiger partial charge in [0.1, 0.15) is 18.1 Å². The molecule has 8 heteroatoms. The van der Waals surface area contributed by atoms with E-state index in [1.807, 2.05) is 44.2 Å². The van der Waals surface area contributed by atoms with E-state index in [0.717, 1.165) is 16.9 Å². The van der Waals surface area contributed by atoms with Crippen molar-refractivity contribution in [2.45, 2.75) is 19.9 Å². The van der Waals surface area contributed by atoms with Crippen LogP contribution in [0.4, 0.5) is 11.6 Å². The summed E-state index contributed by atoms with van der Waals surface area (Å²) in [4.78, 5) is 17.6. The Bertz CT molecular complexity index is 1100. The van der Waals surface area contributed by atoms with E-state index in [0.29, 0.717) is 27.9 Å². The molecule has 2 N–H and O–H groups in total. The van der Waals surface area contributed by atoms with Crippen LogP contribution in [-0.4, -0.2) is 27.8 Å². The normalized spacial score (nSPS) is 15.5. The van der Waals surface area contributed by atoms with Crippen molar-refractivity contribution in [3.05, 3.63) is 76.2 Å². The molecule has 1 aliphatic heterocycles. The number of fused-ring (bicyclic) bond motifs is 1. The molecule has 7 nitrogen and oxygen atoms in total. The number of benzene rings is 2. The van der Waals surface area contributed by atoms with Gasteiger partial charge in [-0.2, -0.15) is 10.1 Å². The summed E-state index contributed by atoms with van der Waals surface area (Å²) in [6.07, 6.45) is 1.47. The number of carbonyl (C=O) groups is 1. The van der Waals surface area contributed by atoms with Crippen LogP contribution in [0.5, 0.6) is 5.75 Å². The SMILES string of the molecule is COc1ccc([C@@H]2C(C(=O)Nc3cc(Cl)ccc3C)=C(C)Nc3ncnn32)cc1. The highest BCUT2D eigenvalue weighted by molar-refractivity contribution is 6.31. The molecule has 148 valence electrons. The number of carbonyl (C=O) groups excluding carboxylic acids is 1. The van der Waals surface area contributed by atoms with Gasteiger partial charge in [0, 0.05) is 16.4 Å². The number of hydrogen-bond donors (Lipinski definition) is 2. The molecule has 0 saturated carbocycles. The number of nitrogens with zero attached hydrogens (tertiary/aromatic N) is 3. The molecule has 0 fully saturated rings. The Hall–Kier alpha value is -3.32. The summed E-state index contributed by atoms with van der Waals surface area (Å²) < 4.78 is 6.96. The molecule has 1 atom stereocenters. The van der Waals surface area contributed by atoms with Crippen molar-refractivity contribution in [2.24, 2.45) is 0 Å². The summed E-state index contributed by atoms with van der Waals surface area (Å²) >= 11 is 6.11. The van der Waals surface area contributed by atoms with Crippen LogP contribution in [0.2, 0.25) is 5.02 Å². The highest BCUT2D eigenvalue weighted by Crippen LogP contribution is 2.36. The predicted octanol–water partition coefficient (Wildman–Crippen LogP) is 4.18. The maximum atomic E-state index is 13.3. The van der Waals surface area contributed by atoms with Crippen LogP contribution in [0.3, 0.4) is 0 Å². The van der Waals surface area contributed by atoms with Crippen molar-refractivity contribution < 1.29 is 9.53 Å². The van der Waals surface area contributed by atoms with Crippen molar-refractivity contribution in [1.29, 1.82) is 0 Å². The van der Waals surface area contributed by atoms with E-state index < -0.39 is 6.04 Å². The summed E-state index contributed by atoms with van der Waals surface area (Å²) in [7, 11) is 1.62. The number of ether oxygens (including phenoxy) is 1. The van der Waals surface area contributed by atoms with E-state index in [2.05, 4.69) is 20.7 Å². The fourth-order valence-electron chi connectivity index (χ4n) is 3.40. The molecule has 3 aromatic rings. The van der Waals surface area contributed by atoms with Gasteiger partial charge in [-0.1, -0.05) is 29.8 Å². The molecule has 0 aliphatic carbocycles. The first-order chi connectivity index (χ1) is 14.0. The van der Waals surface area contributed by atoms with E-state index in [1.54, 1.807) is 23.9 Å². The van der Waals surface area contributed by atoms with Gasteiger partial charge in [-0.15, -0.1) is 0 Å². The molecular weight excluding hydrogens is 390 g/mol. The molecule has 1 aliphatic rings. The zero-order valence-corrected chi connectivity index (χ0v) is 17.0. The zero-order valence-electron chi connectivity index (χ0n) is 16.2. The van der Waals surface area contributed by atoms with Gasteiger partial charge >= 0.3 is 0 Å². The number of amides is 1. The first kappa shape index (κ1) is 19.0. The number of methoxy groups -OCH3 is 1. The topological polar surface area (TPSA) is 81.1 Å². The van der Waals surface area contributed by atoms with Gasteiger partial charge in [0.2, 0.25) is 5.95 Å². The predicted molar refractivity (Wildman–Crippen MR) is 112 cm³/mol. The Kier molecular flexibility index (Phi) is 4.98. The lowest BCUT2D eigenvalue weighted by Gasteiger charge is -2.29. The first-order valence-corrected chi connectivity index (χ1v) is 9.44. The maximum absolute atomic E-state index is 13.3. The van der Waals surface area contributed by atoms with E-state index in [-0.39, 0.29) is 5.91 Å². The minimum Gasteiger partial charge on any atom is -0.497 e. The molecule has 2 aromatic carbocycles. The third-order valence-corrected chi connectivity index (χ3v) is 5.15. The molecule has 0 radical (unpaired) electrons. The molecular formula is C21H20ClN5O2. The van der Waals surface area contributed by atoms with Crippen LogP contribution in [-0.2, 0) is 4.79 Å². The third-order valence-electron chi connectivity index (χ3n) is 4.92. The Morgan fingerprint density at radius 2 is 1.97 bits per heavy atom. The second kappa shape index (κ2) is 7.60. The highest BCUT2D eigenvalue weighted by atomic mass is 35.5. The second-order valence-corrected chi connectivity index (χ2v) is 7.22. The lowest BCUT2D eigenvalue weighted by atomic mass is 9.95. The lowest BCUT2D eigenvalue weighted by molar-refractivity contribution is -0.113. The number of nitrogens with one attached hydrogen (secondary N) is 2. The maximum Gasteiger partial charge on any atom is 0.255 e. The molecule has 2 heterocycles. The van der Waals surface area contributed by atoms with Crippen LogP contribution < -0.4 is 15.4 Å². The van der Waals surface area contributed by atoms with Gasteiger partial charge < -0.3 is 15.4 Å². The number of anilines is 2. The zero-order chi connectivity index (χ0) is 20.5. The second-order valence-electron chi connectivity index (χ2n) is 6.78. The number of aromatic nitrogens is 3. The van der Waals surface area contributed by atoms with Gasteiger partial charge in [-0.05, 0) is 49.2 Å². The quantitative estimate of drug-likeness (QED) is 0.675. The van der Waals surface area contributed by atoms with Crippen molar-refractivity contribution >= 4 is 29.1 Å². The van der Waals surface area contributed by atoms with Crippen molar-refractivity contribution in [3.63, 3.8) is 0 Å². The third kappa shape index (κ3) is 3.56. The summed E-state index contributed by atoms with van der Waals surface area (Å²) in [6, 6.07) is 12.5. The molecule has 4 rings (SSSR count). The van der Waals surface area contributed by atoms with Gasteiger partial charge in [0.05, 0.1) is 12.7 Å². The van der Waals surface area contributed by atoms with Gasteiger partial charge in [-0.25, -0.2) is 4.68 Å². The minimum atomic E-state index is -0.431. The highest BCUT2D eigenvalue weighted by Gasteiger charge is 2.33. The molecule has 1 aromatic heterocycles. The summed E-state index contributed by atoms with van der Waals surface area (Å²) in [5, 5.41) is 11.0. The van der Waals surface area contributed by atoms with E-state index >= 15 is 0 Å². The van der Waals surface area contributed by atoms with Gasteiger partial charge in [0.25, 0.3) is 5.91 Å². The minimum absolute atomic E-state index is 0.234. The van der Waals surface area contributed by atoms with E-state index in [9.17, 15) is 4.79 Å². The van der Waals surface area contributed by atoms with Crippen molar-refractivity contribution in [1.82, 2.24) is 14.8 Å². The largest absolute Gasteiger partial charge is 0.497 e. The standard InChI is InChI=1S/C21H20ClN5O2/c1-12-4-7-15(22)10-17(12)26-20(28)18-13(2)25-21-23-11-24-27(21)19(18)14-5-8-16(29-3)9-6-14/h4-11,19H,1-3H3,(H,26,28)(H,23,24,25)/t19-/m1/s1. The number of hydrogen-bond acceptors (Lipinski definition) is 5. The molecule has 29 heavy (non-hydrogen) atoms. The Labute approximate surface area is 173 Å². The number of allylic oxidation sites excluding steroid dienone is 1.